The van der Waals surface area contributed by atoms with Crippen LogP contribution in [0.2, 0.25) is 5.02 Å². The number of nitrogens with one attached hydrogen (secondary N) is 3. The summed E-state index contributed by atoms with van der Waals surface area (Å²) in [5, 5.41) is 10.7. The average Bonchev–Trinajstić information content (AvgIpc) is 3.03. The zero-order valence-corrected chi connectivity index (χ0v) is 14.2. The van der Waals surface area contributed by atoms with Gasteiger partial charge in [-0.2, -0.15) is 0 Å². The standard InChI is InChI=1S/C18H21ClN4/c1-12-9-16(22-11-14-3-5-15(19)6-4-14)10-13(2)17(12)23-18-20-7-8-21-18/h3-6,9-10,22H,7-8,11H2,1-2H3,(H2,20,21,23). The Balaban J connectivity index is 1.74. The van der Waals surface area contributed by atoms with Crippen molar-refractivity contribution in [1.82, 2.24) is 10.6 Å². The maximum atomic E-state index is 5.91. The fourth-order valence-corrected chi connectivity index (χ4v) is 2.78. The van der Waals surface area contributed by atoms with E-state index in [2.05, 4.69) is 46.9 Å². The van der Waals surface area contributed by atoms with Crippen LogP contribution in [-0.4, -0.2) is 19.0 Å². The Kier molecular flexibility index (Phi) is 4.72. The van der Waals surface area contributed by atoms with Crippen LogP contribution in [0.4, 0.5) is 11.4 Å². The normalized spacial score (nSPS) is 13.4. The second-order valence-electron chi connectivity index (χ2n) is 5.75. The zero-order chi connectivity index (χ0) is 16.2. The van der Waals surface area contributed by atoms with E-state index in [1.54, 1.807) is 0 Å². The van der Waals surface area contributed by atoms with Crippen molar-refractivity contribution in [3.8, 4) is 0 Å². The van der Waals surface area contributed by atoms with Crippen LogP contribution in [0.25, 0.3) is 0 Å². The van der Waals surface area contributed by atoms with E-state index in [9.17, 15) is 0 Å². The molecule has 1 aliphatic heterocycles. The van der Waals surface area contributed by atoms with E-state index < -0.39 is 0 Å². The highest BCUT2D eigenvalue weighted by atomic mass is 35.5. The molecule has 2 aromatic carbocycles. The van der Waals surface area contributed by atoms with Crippen LogP contribution in [-0.2, 0) is 6.54 Å². The molecule has 0 aliphatic carbocycles. The second kappa shape index (κ2) is 6.92. The quantitative estimate of drug-likeness (QED) is 0.801. The van der Waals surface area contributed by atoms with Crippen LogP contribution in [0.1, 0.15) is 16.7 Å². The lowest BCUT2D eigenvalue weighted by Crippen LogP contribution is -2.23. The molecule has 1 fully saturated rings. The number of benzene rings is 2. The zero-order valence-electron chi connectivity index (χ0n) is 13.4. The number of aryl methyl sites for hydroxylation is 2. The van der Waals surface area contributed by atoms with Crippen molar-refractivity contribution in [3.63, 3.8) is 0 Å². The Morgan fingerprint density at radius 2 is 1.65 bits per heavy atom. The predicted molar refractivity (Wildman–Crippen MR) is 97.8 cm³/mol. The van der Waals surface area contributed by atoms with Gasteiger partial charge in [0.2, 0.25) is 0 Å². The minimum absolute atomic E-state index is 0.762. The van der Waals surface area contributed by atoms with Crippen LogP contribution in [0, 0.1) is 13.8 Å². The smallest absolute Gasteiger partial charge is 0.196 e. The first-order valence-electron chi connectivity index (χ1n) is 7.78. The maximum Gasteiger partial charge on any atom is 0.196 e. The topological polar surface area (TPSA) is 48.5 Å². The third kappa shape index (κ3) is 3.96. The number of aliphatic imine (C=N–C) groups is 1. The predicted octanol–water partition coefficient (Wildman–Crippen LogP) is 3.75. The fourth-order valence-electron chi connectivity index (χ4n) is 2.66. The third-order valence-corrected chi connectivity index (χ3v) is 4.09. The molecular weight excluding hydrogens is 308 g/mol. The molecule has 23 heavy (non-hydrogen) atoms. The summed E-state index contributed by atoms with van der Waals surface area (Å²) in [5.74, 6) is 0.859. The number of nitrogens with zero attached hydrogens (tertiary/aromatic N) is 1. The van der Waals surface area contributed by atoms with Gasteiger partial charge in [-0.1, -0.05) is 23.7 Å². The number of hydrogen-bond acceptors (Lipinski definition) is 2. The SMILES string of the molecule is Cc1cc(NCc2ccc(Cl)cc2)cc(C)c1N=C1NCCN1. The maximum absolute atomic E-state index is 5.91. The average molecular weight is 329 g/mol. The van der Waals surface area contributed by atoms with Crippen molar-refractivity contribution in [2.45, 2.75) is 20.4 Å². The van der Waals surface area contributed by atoms with Gasteiger partial charge in [-0.25, -0.2) is 4.99 Å². The molecule has 0 radical (unpaired) electrons. The number of rotatable bonds is 4. The summed E-state index contributed by atoms with van der Waals surface area (Å²) < 4.78 is 0. The van der Waals surface area contributed by atoms with Gasteiger partial charge in [0.15, 0.2) is 5.96 Å². The molecule has 3 N–H and O–H groups in total. The first-order chi connectivity index (χ1) is 11.1. The number of halogens is 1. The Morgan fingerprint density at radius 1 is 1.04 bits per heavy atom. The number of guanidine groups is 1. The van der Waals surface area contributed by atoms with Gasteiger partial charge in [0.05, 0.1) is 5.69 Å². The molecule has 1 saturated heterocycles. The molecule has 0 unspecified atom stereocenters. The first-order valence-corrected chi connectivity index (χ1v) is 8.15. The molecule has 0 atom stereocenters. The molecule has 0 saturated carbocycles. The van der Waals surface area contributed by atoms with Gasteiger partial charge < -0.3 is 16.0 Å². The van der Waals surface area contributed by atoms with E-state index in [-0.39, 0.29) is 0 Å². The summed E-state index contributed by atoms with van der Waals surface area (Å²) >= 11 is 5.91. The van der Waals surface area contributed by atoms with Gasteiger partial charge in [-0.3, -0.25) is 0 Å². The van der Waals surface area contributed by atoms with E-state index >= 15 is 0 Å². The van der Waals surface area contributed by atoms with Gasteiger partial charge in [0.25, 0.3) is 0 Å². The highest BCUT2D eigenvalue weighted by Gasteiger charge is 2.09. The summed E-state index contributed by atoms with van der Waals surface area (Å²) in [5.41, 5.74) is 5.65. The van der Waals surface area contributed by atoms with Gasteiger partial charge >= 0.3 is 0 Å². The minimum atomic E-state index is 0.762. The van der Waals surface area contributed by atoms with E-state index in [0.717, 1.165) is 53.1 Å². The van der Waals surface area contributed by atoms with Gasteiger partial charge in [0, 0.05) is 30.3 Å². The van der Waals surface area contributed by atoms with Gasteiger partial charge in [-0.05, 0) is 54.8 Å². The Bertz CT molecular complexity index is 691. The lowest BCUT2D eigenvalue weighted by molar-refractivity contribution is 0.942. The van der Waals surface area contributed by atoms with Crippen LogP contribution in [0.5, 0.6) is 0 Å². The van der Waals surface area contributed by atoms with Crippen molar-refractivity contribution in [2.75, 3.05) is 18.4 Å². The third-order valence-electron chi connectivity index (χ3n) is 3.83. The highest BCUT2D eigenvalue weighted by molar-refractivity contribution is 6.30. The lowest BCUT2D eigenvalue weighted by atomic mass is 10.1. The molecule has 0 spiro atoms. The van der Waals surface area contributed by atoms with Crippen LogP contribution >= 0.6 is 11.6 Å². The molecule has 0 amide bonds. The monoisotopic (exact) mass is 328 g/mol. The van der Waals surface area contributed by atoms with Crippen LogP contribution in [0.3, 0.4) is 0 Å². The molecule has 120 valence electrons. The van der Waals surface area contributed by atoms with Crippen molar-refractivity contribution in [2.24, 2.45) is 4.99 Å². The largest absolute Gasteiger partial charge is 0.381 e. The van der Waals surface area contributed by atoms with Crippen molar-refractivity contribution >= 4 is 28.9 Å². The number of anilines is 1. The summed E-state index contributed by atoms with van der Waals surface area (Å²) in [4.78, 5) is 4.68. The molecule has 3 rings (SSSR count). The second-order valence-corrected chi connectivity index (χ2v) is 6.19. The Hall–Kier alpha value is -2.20. The summed E-state index contributed by atoms with van der Waals surface area (Å²) in [6.45, 7) is 6.81. The summed E-state index contributed by atoms with van der Waals surface area (Å²) in [6.07, 6.45) is 0. The molecule has 2 aromatic rings. The minimum Gasteiger partial charge on any atom is -0.381 e. The molecule has 5 heteroatoms. The lowest BCUT2D eigenvalue weighted by Gasteiger charge is -2.12. The summed E-state index contributed by atoms with van der Waals surface area (Å²) in [6, 6.07) is 12.2. The molecular formula is C18H21ClN4. The molecule has 0 aromatic heterocycles. The first kappa shape index (κ1) is 15.7. The van der Waals surface area contributed by atoms with Crippen LogP contribution in [0.15, 0.2) is 41.4 Å². The van der Waals surface area contributed by atoms with E-state index in [4.69, 9.17) is 11.6 Å². The van der Waals surface area contributed by atoms with Crippen molar-refractivity contribution in [1.29, 1.82) is 0 Å². The Morgan fingerprint density at radius 3 is 2.26 bits per heavy atom. The van der Waals surface area contributed by atoms with Crippen molar-refractivity contribution < 1.29 is 0 Å². The van der Waals surface area contributed by atoms with Gasteiger partial charge in [-0.15, -0.1) is 0 Å². The van der Waals surface area contributed by atoms with E-state index in [1.165, 1.54) is 5.56 Å². The molecule has 0 bridgehead atoms. The van der Waals surface area contributed by atoms with Crippen molar-refractivity contribution in [3.05, 3.63) is 58.1 Å². The Labute approximate surface area is 142 Å². The molecule has 4 nitrogen and oxygen atoms in total. The molecule has 1 aliphatic rings. The van der Waals surface area contributed by atoms with Crippen LogP contribution < -0.4 is 16.0 Å². The fraction of sp³-hybridized carbons (Fsp3) is 0.278. The number of hydrogen-bond donors (Lipinski definition) is 3. The van der Waals surface area contributed by atoms with Gasteiger partial charge in [0.1, 0.15) is 0 Å². The van der Waals surface area contributed by atoms with E-state index in [0.29, 0.717) is 0 Å². The summed E-state index contributed by atoms with van der Waals surface area (Å²) in [7, 11) is 0. The molecule has 1 heterocycles. The highest BCUT2D eigenvalue weighted by Crippen LogP contribution is 2.28. The van der Waals surface area contributed by atoms with E-state index in [1.807, 2.05) is 24.3 Å².